The predicted octanol–water partition coefficient (Wildman–Crippen LogP) is 1.93. The van der Waals surface area contributed by atoms with Crippen molar-refractivity contribution >= 4 is 5.91 Å². The molecule has 2 atom stereocenters. The molecule has 2 aliphatic heterocycles. The Labute approximate surface area is 105 Å². The van der Waals surface area contributed by atoms with E-state index in [9.17, 15) is 18.0 Å². The molecule has 0 radical (unpaired) electrons. The van der Waals surface area contributed by atoms with Crippen LogP contribution in [-0.2, 0) is 4.79 Å². The smallest absolute Gasteiger partial charge is 0.337 e. The zero-order chi connectivity index (χ0) is 13.3. The number of halogens is 3. The van der Waals surface area contributed by atoms with Crippen LogP contribution in [0.3, 0.4) is 0 Å². The molecule has 1 N–H and O–H groups in total. The second-order valence-corrected chi connectivity index (χ2v) is 5.54. The van der Waals surface area contributed by atoms with Gasteiger partial charge in [-0.3, -0.25) is 4.79 Å². The van der Waals surface area contributed by atoms with Gasteiger partial charge in [-0.25, -0.2) is 0 Å². The van der Waals surface area contributed by atoms with Crippen molar-refractivity contribution in [3.63, 3.8) is 0 Å². The Morgan fingerprint density at radius 1 is 1.28 bits per heavy atom. The van der Waals surface area contributed by atoms with Crippen molar-refractivity contribution < 1.29 is 18.0 Å². The van der Waals surface area contributed by atoms with E-state index < -0.39 is 18.6 Å². The monoisotopic (exact) mass is 264 g/mol. The number of alkyl halides is 3. The average molecular weight is 264 g/mol. The van der Waals surface area contributed by atoms with Crippen molar-refractivity contribution in [3.05, 3.63) is 0 Å². The number of hydrogen-bond acceptors (Lipinski definition) is 2. The predicted molar refractivity (Wildman–Crippen MR) is 61.0 cm³/mol. The van der Waals surface area contributed by atoms with Crippen molar-refractivity contribution in [2.75, 3.05) is 13.6 Å². The standard InChI is InChI=1S/C12H19F3N2O/c1-17(7-12(13,14)15)11(18)6-8-4-9-2-3-10(5-8)16-9/h8-10,16H,2-7H2,1H3. The van der Waals surface area contributed by atoms with Crippen molar-refractivity contribution in [1.82, 2.24) is 10.2 Å². The Morgan fingerprint density at radius 2 is 1.83 bits per heavy atom. The van der Waals surface area contributed by atoms with E-state index in [2.05, 4.69) is 5.32 Å². The minimum Gasteiger partial charge on any atom is -0.337 e. The molecule has 2 heterocycles. The molecule has 2 aliphatic rings. The van der Waals surface area contributed by atoms with Gasteiger partial charge in [0, 0.05) is 25.6 Å². The molecule has 2 fully saturated rings. The van der Waals surface area contributed by atoms with Crippen LogP contribution in [0, 0.1) is 5.92 Å². The Hall–Kier alpha value is -0.780. The third kappa shape index (κ3) is 3.60. The van der Waals surface area contributed by atoms with Crippen LogP contribution >= 0.6 is 0 Å². The summed E-state index contributed by atoms with van der Waals surface area (Å²) in [5.74, 6) is -0.148. The molecule has 104 valence electrons. The first kappa shape index (κ1) is 13.6. The normalized spacial score (nSPS) is 31.4. The highest BCUT2D eigenvalue weighted by atomic mass is 19.4. The molecule has 2 unspecified atom stereocenters. The number of nitrogens with one attached hydrogen (secondary N) is 1. The highest BCUT2D eigenvalue weighted by Gasteiger charge is 2.36. The number of amides is 1. The number of rotatable bonds is 3. The summed E-state index contributed by atoms with van der Waals surface area (Å²) in [5.41, 5.74) is 0. The topological polar surface area (TPSA) is 32.3 Å². The fourth-order valence-corrected chi connectivity index (χ4v) is 3.10. The lowest BCUT2D eigenvalue weighted by Gasteiger charge is -2.30. The largest absolute Gasteiger partial charge is 0.406 e. The van der Waals surface area contributed by atoms with Gasteiger partial charge in [0.25, 0.3) is 0 Å². The third-order valence-corrected chi connectivity index (χ3v) is 3.88. The minimum absolute atomic E-state index is 0.243. The molecule has 6 heteroatoms. The number of carbonyl (C=O) groups is 1. The summed E-state index contributed by atoms with van der Waals surface area (Å²) in [4.78, 5) is 12.5. The molecule has 2 bridgehead atoms. The van der Waals surface area contributed by atoms with Crippen LogP contribution in [0.4, 0.5) is 13.2 Å². The van der Waals surface area contributed by atoms with E-state index in [1.54, 1.807) is 0 Å². The van der Waals surface area contributed by atoms with Crippen LogP contribution in [0.25, 0.3) is 0 Å². The molecular formula is C12H19F3N2O. The molecule has 0 aliphatic carbocycles. The number of fused-ring (bicyclic) bond motifs is 2. The van der Waals surface area contributed by atoms with Gasteiger partial charge in [0.15, 0.2) is 0 Å². The van der Waals surface area contributed by atoms with Crippen LogP contribution in [0.5, 0.6) is 0 Å². The maximum absolute atomic E-state index is 12.2. The van der Waals surface area contributed by atoms with E-state index >= 15 is 0 Å². The van der Waals surface area contributed by atoms with E-state index in [4.69, 9.17) is 0 Å². The molecule has 2 rings (SSSR count). The molecule has 0 aromatic carbocycles. The maximum Gasteiger partial charge on any atom is 0.406 e. The summed E-state index contributed by atoms with van der Waals surface area (Å²) in [7, 11) is 1.23. The van der Waals surface area contributed by atoms with E-state index in [0.717, 1.165) is 30.6 Å². The molecule has 2 saturated heterocycles. The minimum atomic E-state index is -4.31. The average Bonchev–Trinajstić information content (AvgIpc) is 2.55. The molecule has 0 spiro atoms. The van der Waals surface area contributed by atoms with Crippen molar-refractivity contribution in [3.8, 4) is 0 Å². The first-order chi connectivity index (χ1) is 8.33. The second-order valence-electron chi connectivity index (χ2n) is 5.54. The Bertz CT molecular complexity index is 307. The van der Waals surface area contributed by atoms with Gasteiger partial charge >= 0.3 is 6.18 Å². The molecule has 18 heavy (non-hydrogen) atoms. The highest BCUT2D eigenvalue weighted by Crippen LogP contribution is 2.33. The fourth-order valence-electron chi connectivity index (χ4n) is 3.10. The summed E-state index contributed by atoms with van der Waals surface area (Å²) in [6.45, 7) is -1.15. The van der Waals surface area contributed by atoms with Crippen LogP contribution in [-0.4, -0.2) is 42.7 Å². The first-order valence-corrected chi connectivity index (χ1v) is 6.40. The third-order valence-electron chi connectivity index (χ3n) is 3.88. The van der Waals surface area contributed by atoms with Gasteiger partial charge < -0.3 is 10.2 Å². The summed E-state index contributed by atoms with van der Waals surface area (Å²) in [5, 5.41) is 3.46. The lowest BCUT2D eigenvalue weighted by molar-refractivity contribution is -0.159. The van der Waals surface area contributed by atoms with Gasteiger partial charge in [-0.1, -0.05) is 0 Å². The quantitative estimate of drug-likeness (QED) is 0.844. The van der Waals surface area contributed by atoms with Crippen LogP contribution in [0.15, 0.2) is 0 Å². The lowest BCUT2D eigenvalue weighted by Crippen LogP contribution is -2.41. The Balaban J connectivity index is 1.80. The van der Waals surface area contributed by atoms with Crippen molar-refractivity contribution in [1.29, 1.82) is 0 Å². The van der Waals surface area contributed by atoms with Gasteiger partial charge in [0.1, 0.15) is 6.54 Å². The summed E-state index contributed by atoms with van der Waals surface area (Å²) in [6, 6.07) is 0.934. The lowest BCUT2D eigenvalue weighted by atomic mass is 9.89. The van der Waals surface area contributed by atoms with Crippen LogP contribution < -0.4 is 5.32 Å². The second kappa shape index (κ2) is 5.07. The number of piperidine rings is 1. The van der Waals surface area contributed by atoms with E-state index in [1.165, 1.54) is 7.05 Å². The number of carbonyl (C=O) groups excluding carboxylic acids is 1. The van der Waals surface area contributed by atoms with E-state index in [0.29, 0.717) is 12.1 Å². The van der Waals surface area contributed by atoms with Crippen LogP contribution in [0.1, 0.15) is 32.1 Å². The molecule has 3 nitrogen and oxygen atoms in total. The Kier molecular flexibility index (Phi) is 3.84. The van der Waals surface area contributed by atoms with Gasteiger partial charge in [-0.2, -0.15) is 13.2 Å². The molecule has 1 amide bonds. The first-order valence-electron chi connectivity index (χ1n) is 6.40. The fraction of sp³-hybridized carbons (Fsp3) is 0.917. The molecule has 0 aromatic heterocycles. The summed E-state index contributed by atoms with van der Waals surface area (Å²) in [6.07, 6.45) is 0.0461. The number of hydrogen-bond donors (Lipinski definition) is 1. The number of nitrogens with zero attached hydrogens (tertiary/aromatic N) is 1. The van der Waals surface area contributed by atoms with E-state index in [1.807, 2.05) is 0 Å². The van der Waals surface area contributed by atoms with Gasteiger partial charge in [-0.15, -0.1) is 0 Å². The van der Waals surface area contributed by atoms with Gasteiger partial charge in [0.05, 0.1) is 0 Å². The van der Waals surface area contributed by atoms with Crippen LogP contribution in [0.2, 0.25) is 0 Å². The Morgan fingerprint density at radius 3 is 2.33 bits per heavy atom. The molecular weight excluding hydrogens is 245 g/mol. The SMILES string of the molecule is CN(CC(F)(F)F)C(=O)CC1CC2CCC(C1)N2. The summed E-state index contributed by atoms with van der Waals surface area (Å²) >= 11 is 0. The maximum atomic E-state index is 12.2. The highest BCUT2D eigenvalue weighted by molar-refractivity contribution is 5.76. The van der Waals surface area contributed by atoms with Crippen molar-refractivity contribution in [2.24, 2.45) is 5.92 Å². The zero-order valence-corrected chi connectivity index (χ0v) is 10.5. The van der Waals surface area contributed by atoms with Crippen molar-refractivity contribution in [2.45, 2.75) is 50.4 Å². The molecule has 0 aromatic rings. The van der Waals surface area contributed by atoms with E-state index in [-0.39, 0.29) is 12.3 Å². The molecule has 0 saturated carbocycles. The van der Waals surface area contributed by atoms with Gasteiger partial charge in [0.2, 0.25) is 5.91 Å². The zero-order valence-electron chi connectivity index (χ0n) is 10.5. The summed E-state index contributed by atoms with van der Waals surface area (Å²) < 4.78 is 36.5. The van der Waals surface area contributed by atoms with Gasteiger partial charge in [-0.05, 0) is 31.6 Å².